The second-order valence-electron chi connectivity index (χ2n) is 7.78. The van der Waals surface area contributed by atoms with Gasteiger partial charge in [-0.25, -0.2) is 9.59 Å². The number of hydrogen-bond donors (Lipinski definition) is 0. The summed E-state index contributed by atoms with van der Waals surface area (Å²) in [5, 5.41) is 12.2. The van der Waals surface area contributed by atoms with E-state index < -0.39 is 33.9 Å². The molecule has 0 aliphatic heterocycles. The minimum Gasteiger partial charge on any atom is -0.465 e. The molecule has 0 heterocycles. The van der Waals surface area contributed by atoms with Crippen LogP contribution in [0.1, 0.15) is 57.5 Å². The molecule has 1 rings (SSSR count). The number of carbonyl (C=O) groups excluding carboxylic acids is 2. The largest absolute Gasteiger partial charge is 0.465 e. The predicted molar refractivity (Wildman–Crippen MR) is 97.1 cm³/mol. The third kappa shape index (κ3) is 6.86. The van der Waals surface area contributed by atoms with Crippen molar-refractivity contribution < 1.29 is 28.8 Å². The quantitative estimate of drug-likeness (QED) is 0.432. The number of amides is 1. The molecule has 9 nitrogen and oxygen atoms in total. The summed E-state index contributed by atoms with van der Waals surface area (Å²) in [5.41, 5.74) is -1.98. The summed E-state index contributed by atoms with van der Waals surface area (Å²) in [5.74, 6) is -0.878. The van der Waals surface area contributed by atoms with Gasteiger partial charge in [-0.15, -0.1) is 0 Å². The van der Waals surface area contributed by atoms with Crippen LogP contribution in [-0.2, 0) is 20.9 Å². The van der Waals surface area contributed by atoms with Crippen molar-refractivity contribution in [1.29, 1.82) is 0 Å². The van der Waals surface area contributed by atoms with Crippen molar-refractivity contribution in [2.45, 2.75) is 59.3 Å². The Hall–Kier alpha value is -2.68. The molecule has 0 bridgehead atoms. The van der Waals surface area contributed by atoms with E-state index in [-0.39, 0.29) is 17.7 Å². The maximum atomic E-state index is 12.5. The van der Waals surface area contributed by atoms with Crippen molar-refractivity contribution in [3.8, 4) is 0 Å². The third-order valence-corrected chi connectivity index (χ3v) is 3.01. The fraction of sp³-hybridized carbons (Fsp3) is 0.556. The Morgan fingerprint density at radius 3 is 2.15 bits per heavy atom. The molecule has 9 heteroatoms. The lowest BCUT2D eigenvalue weighted by atomic mass is 10.1. The summed E-state index contributed by atoms with van der Waals surface area (Å²) in [6.07, 6.45) is -0.778. The summed E-state index contributed by atoms with van der Waals surface area (Å²) in [4.78, 5) is 40.9. The van der Waals surface area contributed by atoms with Gasteiger partial charge < -0.3 is 9.47 Å². The van der Waals surface area contributed by atoms with E-state index >= 15 is 0 Å². The Morgan fingerprint density at radius 1 is 1.11 bits per heavy atom. The molecular formula is C18H26N2O7. The summed E-state index contributed by atoms with van der Waals surface area (Å²) in [6, 6.07) is 4.10. The number of hydroxylamine groups is 2. The zero-order chi connectivity index (χ0) is 21.0. The van der Waals surface area contributed by atoms with Gasteiger partial charge in [0.05, 0.1) is 24.2 Å². The molecule has 0 unspecified atom stereocenters. The Kier molecular flexibility index (Phi) is 6.91. The first-order valence-electron chi connectivity index (χ1n) is 8.29. The van der Waals surface area contributed by atoms with Gasteiger partial charge in [0.1, 0.15) is 11.2 Å². The van der Waals surface area contributed by atoms with Gasteiger partial charge in [0, 0.05) is 6.07 Å². The van der Waals surface area contributed by atoms with E-state index in [9.17, 15) is 19.7 Å². The number of nitro benzene ring substituents is 1. The fourth-order valence-electron chi connectivity index (χ4n) is 2.14. The van der Waals surface area contributed by atoms with Gasteiger partial charge in [0.25, 0.3) is 5.69 Å². The molecule has 1 amide bonds. The molecule has 150 valence electrons. The Labute approximate surface area is 158 Å². The first-order chi connectivity index (χ1) is 12.2. The Bertz CT molecular complexity index is 717. The number of nitrogens with zero attached hydrogens (tertiary/aromatic N) is 2. The molecule has 1 aromatic rings. The minimum absolute atomic E-state index is 0.200. The molecule has 0 saturated heterocycles. The van der Waals surface area contributed by atoms with Gasteiger partial charge in [-0.05, 0) is 47.1 Å². The van der Waals surface area contributed by atoms with Crippen LogP contribution < -0.4 is 0 Å². The Balaban J connectivity index is 3.35. The van der Waals surface area contributed by atoms with Gasteiger partial charge in [-0.1, -0.05) is 12.1 Å². The molecule has 0 aliphatic carbocycles. The number of carbonyl (C=O) groups is 2. The van der Waals surface area contributed by atoms with Gasteiger partial charge in [0.2, 0.25) is 0 Å². The maximum absolute atomic E-state index is 12.5. The molecular weight excluding hydrogens is 356 g/mol. The van der Waals surface area contributed by atoms with Crippen LogP contribution in [0.5, 0.6) is 0 Å². The number of methoxy groups -OCH3 is 1. The SMILES string of the molecule is COC(=O)c1c(CN(OC(C)(C)C)C(=O)OC(C)(C)C)cccc1[N+](=O)[O-]. The standard InChI is InChI=1S/C18H26N2O7/c1-17(2,3)26-16(22)19(27-18(4,5)6)11-12-9-8-10-13(20(23)24)14(12)15(21)25-7/h8-10H,11H2,1-7H3. The van der Waals surface area contributed by atoms with Crippen LogP contribution in [0.2, 0.25) is 0 Å². The number of benzene rings is 1. The van der Waals surface area contributed by atoms with E-state index in [1.54, 1.807) is 41.5 Å². The number of ether oxygens (including phenoxy) is 2. The van der Waals surface area contributed by atoms with Crippen molar-refractivity contribution >= 4 is 17.7 Å². The molecule has 1 aromatic carbocycles. The minimum atomic E-state index is -0.878. The van der Waals surface area contributed by atoms with Crippen LogP contribution in [-0.4, -0.2) is 40.4 Å². The lowest BCUT2D eigenvalue weighted by molar-refractivity contribution is -0.385. The zero-order valence-corrected chi connectivity index (χ0v) is 16.7. The molecule has 0 atom stereocenters. The number of rotatable bonds is 5. The molecule has 0 N–H and O–H groups in total. The number of esters is 1. The molecule has 0 aromatic heterocycles. The Morgan fingerprint density at radius 2 is 1.70 bits per heavy atom. The molecule has 27 heavy (non-hydrogen) atoms. The highest BCUT2D eigenvalue weighted by atomic mass is 16.7. The zero-order valence-electron chi connectivity index (χ0n) is 16.7. The highest BCUT2D eigenvalue weighted by molar-refractivity contribution is 5.95. The van der Waals surface area contributed by atoms with Crippen LogP contribution in [0.3, 0.4) is 0 Å². The van der Waals surface area contributed by atoms with Crippen molar-refractivity contribution in [3.05, 3.63) is 39.4 Å². The molecule has 0 spiro atoms. The van der Waals surface area contributed by atoms with Gasteiger partial charge in [-0.3, -0.25) is 15.0 Å². The van der Waals surface area contributed by atoms with E-state index in [0.717, 1.165) is 12.2 Å². The summed E-state index contributed by atoms with van der Waals surface area (Å²) in [7, 11) is 1.13. The molecule has 0 radical (unpaired) electrons. The normalized spacial score (nSPS) is 11.7. The maximum Gasteiger partial charge on any atom is 0.434 e. The van der Waals surface area contributed by atoms with Crippen LogP contribution in [0.15, 0.2) is 18.2 Å². The summed E-state index contributed by atoms with van der Waals surface area (Å²) < 4.78 is 10.0. The van der Waals surface area contributed by atoms with Crippen molar-refractivity contribution in [2.75, 3.05) is 7.11 Å². The first kappa shape index (κ1) is 22.4. The van der Waals surface area contributed by atoms with Crippen molar-refractivity contribution in [2.24, 2.45) is 0 Å². The number of nitro groups is 1. The average Bonchev–Trinajstić information content (AvgIpc) is 2.50. The lowest BCUT2D eigenvalue weighted by Crippen LogP contribution is -2.41. The van der Waals surface area contributed by atoms with E-state index in [0.29, 0.717) is 0 Å². The van der Waals surface area contributed by atoms with Crippen LogP contribution in [0.4, 0.5) is 10.5 Å². The van der Waals surface area contributed by atoms with Crippen molar-refractivity contribution in [1.82, 2.24) is 5.06 Å². The van der Waals surface area contributed by atoms with Gasteiger partial charge in [0.15, 0.2) is 0 Å². The van der Waals surface area contributed by atoms with Crippen LogP contribution in [0, 0.1) is 10.1 Å². The molecule has 0 saturated carbocycles. The summed E-state index contributed by atoms with van der Waals surface area (Å²) >= 11 is 0. The average molecular weight is 382 g/mol. The van der Waals surface area contributed by atoms with Gasteiger partial charge in [-0.2, -0.15) is 5.06 Å². The smallest absolute Gasteiger partial charge is 0.434 e. The predicted octanol–water partition coefficient (Wildman–Crippen LogP) is 3.85. The van der Waals surface area contributed by atoms with Crippen LogP contribution in [0.25, 0.3) is 0 Å². The van der Waals surface area contributed by atoms with E-state index in [4.69, 9.17) is 9.57 Å². The van der Waals surface area contributed by atoms with Crippen molar-refractivity contribution in [3.63, 3.8) is 0 Å². The molecule has 0 fully saturated rings. The fourth-order valence-corrected chi connectivity index (χ4v) is 2.14. The lowest BCUT2D eigenvalue weighted by Gasteiger charge is -2.31. The molecule has 0 aliphatic rings. The van der Waals surface area contributed by atoms with E-state index in [2.05, 4.69) is 4.74 Å². The highest BCUT2D eigenvalue weighted by Crippen LogP contribution is 2.26. The summed E-state index contributed by atoms with van der Waals surface area (Å²) in [6.45, 7) is 10.1. The van der Waals surface area contributed by atoms with E-state index in [1.165, 1.54) is 18.2 Å². The first-order valence-corrected chi connectivity index (χ1v) is 8.29. The van der Waals surface area contributed by atoms with Gasteiger partial charge >= 0.3 is 12.1 Å². The van der Waals surface area contributed by atoms with E-state index in [1.807, 2.05) is 0 Å². The second kappa shape index (κ2) is 8.34. The monoisotopic (exact) mass is 382 g/mol. The second-order valence-corrected chi connectivity index (χ2v) is 7.78. The van der Waals surface area contributed by atoms with Crippen LogP contribution >= 0.6 is 0 Å². The third-order valence-electron chi connectivity index (χ3n) is 3.01. The number of hydrogen-bond acceptors (Lipinski definition) is 7. The topological polar surface area (TPSA) is 108 Å². The highest BCUT2D eigenvalue weighted by Gasteiger charge is 2.31.